The second kappa shape index (κ2) is 9.62. The number of hydrogen-bond acceptors (Lipinski definition) is 6. The second-order valence-electron chi connectivity index (χ2n) is 11.8. The van der Waals surface area contributed by atoms with E-state index in [0.29, 0.717) is 24.0 Å². The number of aryl methyl sites for hydroxylation is 1. The number of ether oxygens (including phenoxy) is 1. The summed E-state index contributed by atoms with van der Waals surface area (Å²) in [7, 11) is 1.68. The Kier molecular flexibility index (Phi) is 6.59. The van der Waals surface area contributed by atoms with E-state index in [1.807, 2.05) is 39.0 Å². The molecule has 5 rings (SSSR count). The first-order valence-corrected chi connectivity index (χ1v) is 13.2. The number of fused-ring (bicyclic) bond motifs is 1. The number of rotatable bonds is 2. The largest absolute Gasteiger partial charge is 0.444 e. The van der Waals surface area contributed by atoms with Gasteiger partial charge in [0.05, 0.1) is 17.6 Å². The highest BCUT2D eigenvalue weighted by atomic mass is 16.6. The van der Waals surface area contributed by atoms with Crippen LogP contribution in [0.25, 0.3) is 11.0 Å². The Bertz CT molecular complexity index is 1400. The standard InChI is InChI=1S/C28H35N5O5/c1-27(2,3)38-26(37)32-17-28(18-32)11-14-31(15-12-28)13-5-6-19-7-8-20-22(16-19)30(4)25(36)33(20)21-9-10-23(34)29-24(21)35/h7-8,16,21H,9-15,17-18H2,1-4H3,(H,29,34,35). The van der Waals surface area contributed by atoms with Gasteiger partial charge in [0.2, 0.25) is 11.8 Å². The maximum atomic E-state index is 12.9. The second-order valence-corrected chi connectivity index (χ2v) is 11.8. The number of benzene rings is 1. The van der Waals surface area contributed by atoms with Gasteiger partial charge in [-0.2, -0.15) is 0 Å². The van der Waals surface area contributed by atoms with E-state index in [1.165, 1.54) is 9.13 Å². The van der Waals surface area contributed by atoms with Crippen LogP contribution in [0.2, 0.25) is 0 Å². The van der Waals surface area contributed by atoms with Crippen LogP contribution in [-0.4, -0.2) is 75.2 Å². The third-order valence-electron chi connectivity index (χ3n) is 7.77. The fraction of sp³-hybridized carbons (Fsp3) is 0.571. The summed E-state index contributed by atoms with van der Waals surface area (Å²) in [5, 5.41) is 2.33. The Morgan fingerprint density at radius 1 is 1.13 bits per heavy atom. The lowest BCUT2D eigenvalue weighted by Gasteiger charge is -2.53. The van der Waals surface area contributed by atoms with Crippen molar-refractivity contribution in [3.63, 3.8) is 0 Å². The summed E-state index contributed by atoms with van der Waals surface area (Å²) in [6, 6.07) is 4.86. The lowest BCUT2D eigenvalue weighted by atomic mass is 9.72. The summed E-state index contributed by atoms with van der Waals surface area (Å²) < 4.78 is 8.48. The van der Waals surface area contributed by atoms with Gasteiger partial charge in [0.15, 0.2) is 0 Å². The summed E-state index contributed by atoms with van der Waals surface area (Å²) >= 11 is 0. The quantitative estimate of drug-likeness (QED) is 0.479. The number of piperidine rings is 2. The fourth-order valence-corrected chi connectivity index (χ4v) is 5.65. The number of carbonyl (C=O) groups is 3. The van der Waals surface area contributed by atoms with Gasteiger partial charge in [0.1, 0.15) is 11.6 Å². The van der Waals surface area contributed by atoms with Crippen molar-refractivity contribution in [1.82, 2.24) is 24.3 Å². The molecule has 202 valence electrons. The zero-order chi connectivity index (χ0) is 27.2. The van der Waals surface area contributed by atoms with E-state index in [9.17, 15) is 19.2 Å². The maximum absolute atomic E-state index is 12.9. The molecule has 1 N–H and O–H groups in total. The molecule has 0 saturated carbocycles. The zero-order valence-electron chi connectivity index (χ0n) is 22.5. The van der Waals surface area contributed by atoms with E-state index in [-0.39, 0.29) is 29.5 Å². The van der Waals surface area contributed by atoms with Gasteiger partial charge in [-0.3, -0.25) is 28.9 Å². The summed E-state index contributed by atoms with van der Waals surface area (Å²) in [5.41, 5.74) is 1.59. The van der Waals surface area contributed by atoms with Crippen molar-refractivity contribution in [1.29, 1.82) is 0 Å². The molecule has 1 atom stereocenters. The van der Waals surface area contributed by atoms with Gasteiger partial charge in [0, 0.05) is 37.5 Å². The summed E-state index contributed by atoms with van der Waals surface area (Å²) in [5.74, 6) is 5.73. The maximum Gasteiger partial charge on any atom is 0.410 e. The lowest BCUT2D eigenvalue weighted by molar-refractivity contribution is -0.135. The summed E-state index contributed by atoms with van der Waals surface area (Å²) in [6.45, 7) is 9.72. The SMILES string of the molecule is Cn1c(=O)n(C2CCC(=O)NC2=O)c2ccc(C#CCN3CCC4(CC3)CN(C(=O)OC(C)(C)C)C4)cc21. The molecule has 1 unspecified atom stereocenters. The van der Waals surface area contributed by atoms with Crippen LogP contribution in [0.4, 0.5) is 4.79 Å². The molecule has 3 amide bonds. The van der Waals surface area contributed by atoms with Crippen LogP contribution < -0.4 is 11.0 Å². The Morgan fingerprint density at radius 2 is 1.84 bits per heavy atom. The minimum Gasteiger partial charge on any atom is -0.444 e. The first-order chi connectivity index (χ1) is 17.9. The third kappa shape index (κ3) is 5.07. The molecule has 0 bridgehead atoms. The predicted molar refractivity (Wildman–Crippen MR) is 141 cm³/mol. The van der Waals surface area contributed by atoms with Gasteiger partial charge in [-0.25, -0.2) is 9.59 Å². The van der Waals surface area contributed by atoms with E-state index in [0.717, 1.165) is 44.6 Å². The molecule has 1 aromatic carbocycles. The van der Waals surface area contributed by atoms with Crippen molar-refractivity contribution in [2.75, 3.05) is 32.7 Å². The van der Waals surface area contributed by atoms with Crippen molar-refractivity contribution in [2.45, 2.75) is 58.1 Å². The van der Waals surface area contributed by atoms with E-state index < -0.39 is 17.6 Å². The molecule has 10 nitrogen and oxygen atoms in total. The van der Waals surface area contributed by atoms with Crippen molar-refractivity contribution in [3.8, 4) is 11.8 Å². The predicted octanol–water partition coefficient (Wildman–Crippen LogP) is 2.00. The first-order valence-electron chi connectivity index (χ1n) is 13.2. The number of hydrogen-bond donors (Lipinski definition) is 1. The summed E-state index contributed by atoms with van der Waals surface area (Å²) in [4.78, 5) is 53.2. The summed E-state index contributed by atoms with van der Waals surface area (Å²) in [6.07, 6.45) is 2.37. The highest BCUT2D eigenvalue weighted by Gasteiger charge is 2.47. The van der Waals surface area contributed by atoms with Crippen molar-refractivity contribution < 1.29 is 19.1 Å². The number of imide groups is 1. The van der Waals surface area contributed by atoms with Crippen LogP contribution in [0, 0.1) is 17.3 Å². The van der Waals surface area contributed by atoms with Crippen LogP contribution in [0.1, 0.15) is 58.1 Å². The highest BCUT2D eigenvalue weighted by molar-refractivity contribution is 6.00. The first kappa shape index (κ1) is 26.0. The van der Waals surface area contributed by atoms with Crippen LogP contribution in [-0.2, 0) is 21.4 Å². The van der Waals surface area contributed by atoms with Crippen LogP contribution in [0.15, 0.2) is 23.0 Å². The molecule has 10 heteroatoms. The number of nitrogens with zero attached hydrogens (tertiary/aromatic N) is 4. The van der Waals surface area contributed by atoms with Gasteiger partial charge in [-0.1, -0.05) is 11.8 Å². The number of likely N-dealkylation sites (tertiary alicyclic amines) is 2. The van der Waals surface area contributed by atoms with Gasteiger partial charge < -0.3 is 9.64 Å². The minimum atomic E-state index is -0.699. The zero-order valence-corrected chi connectivity index (χ0v) is 22.5. The smallest absolute Gasteiger partial charge is 0.410 e. The van der Waals surface area contributed by atoms with Gasteiger partial charge in [-0.15, -0.1) is 0 Å². The normalized spacial score (nSPS) is 21.6. The molecule has 3 aliphatic heterocycles. The topological polar surface area (TPSA) is 106 Å². The molecule has 1 aromatic heterocycles. The van der Waals surface area contributed by atoms with Crippen LogP contribution >= 0.6 is 0 Å². The van der Waals surface area contributed by atoms with Crippen molar-refractivity contribution in [2.24, 2.45) is 12.5 Å². The number of amides is 3. The monoisotopic (exact) mass is 521 g/mol. The van der Waals surface area contributed by atoms with Crippen molar-refractivity contribution >= 4 is 28.9 Å². The van der Waals surface area contributed by atoms with E-state index >= 15 is 0 Å². The number of nitrogens with one attached hydrogen (secondary N) is 1. The fourth-order valence-electron chi connectivity index (χ4n) is 5.65. The molecule has 4 heterocycles. The molecule has 3 fully saturated rings. The Hall–Kier alpha value is -3.58. The molecule has 0 aliphatic carbocycles. The van der Waals surface area contributed by atoms with Crippen molar-refractivity contribution in [3.05, 3.63) is 34.2 Å². The third-order valence-corrected chi connectivity index (χ3v) is 7.77. The molecule has 3 aliphatic rings. The average Bonchev–Trinajstić information content (AvgIpc) is 3.07. The highest BCUT2D eigenvalue weighted by Crippen LogP contribution is 2.40. The molecule has 38 heavy (non-hydrogen) atoms. The average molecular weight is 522 g/mol. The minimum absolute atomic E-state index is 0.201. The molecule has 1 spiro atoms. The molecule has 0 radical (unpaired) electrons. The van der Waals surface area contributed by atoms with Gasteiger partial charge in [-0.05, 0) is 71.3 Å². The lowest BCUT2D eigenvalue weighted by Crippen LogP contribution is -2.62. The van der Waals surface area contributed by atoms with Crippen LogP contribution in [0.5, 0.6) is 0 Å². The number of aromatic nitrogens is 2. The van der Waals surface area contributed by atoms with Crippen LogP contribution in [0.3, 0.4) is 0 Å². The molecule has 3 saturated heterocycles. The Balaban J connectivity index is 1.19. The number of carbonyl (C=O) groups excluding carboxylic acids is 3. The van der Waals surface area contributed by atoms with E-state index in [1.54, 1.807) is 11.9 Å². The molecular formula is C28H35N5O5. The van der Waals surface area contributed by atoms with Gasteiger partial charge >= 0.3 is 11.8 Å². The molecular weight excluding hydrogens is 486 g/mol. The van der Waals surface area contributed by atoms with E-state index in [2.05, 4.69) is 22.1 Å². The number of imidazole rings is 1. The Labute approximate surface area is 221 Å². The van der Waals surface area contributed by atoms with Gasteiger partial charge in [0.25, 0.3) is 0 Å². The molecule has 2 aromatic rings. The Morgan fingerprint density at radius 3 is 2.50 bits per heavy atom. The van der Waals surface area contributed by atoms with E-state index in [4.69, 9.17) is 4.74 Å².